The van der Waals surface area contributed by atoms with Crippen LogP contribution in [0.4, 0.5) is 0 Å². The van der Waals surface area contributed by atoms with Crippen molar-refractivity contribution in [3.05, 3.63) is 29.0 Å². The standard InChI is InChI=1S/C7H10ClN3/c8-7-3-1-2-6(11-7)5(10)4-9/h1-3,5H,4,9-10H2. The highest BCUT2D eigenvalue weighted by Crippen LogP contribution is 2.09. The first-order valence-corrected chi connectivity index (χ1v) is 3.70. The summed E-state index contributed by atoms with van der Waals surface area (Å²) in [7, 11) is 0. The first-order valence-electron chi connectivity index (χ1n) is 3.32. The van der Waals surface area contributed by atoms with Crippen LogP contribution in [0.1, 0.15) is 11.7 Å². The minimum atomic E-state index is -0.214. The van der Waals surface area contributed by atoms with Crippen LogP contribution in [0.3, 0.4) is 0 Å². The molecule has 4 heteroatoms. The third kappa shape index (κ3) is 2.15. The van der Waals surface area contributed by atoms with Gasteiger partial charge in [0, 0.05) is 6.54 Å². The Kier molecular flexibility index (Phi) is 2.82. The number of hydrogen-bond donors (Lipinski definition) is 2. The van der Waals surface area contributed by atoms with E-state index >= 15 is 0 Å². The molecule has 1 aromatic heterocycles. The van der Waals surface area contributed by atoms with Crippen LogP contribution in [0.15, 0.2) is 18.2 Å². The maximum Gasteiger partial charge on any atom is 0.129 e. The van der Waals surface area contributed by atoms with Crippen molar-refractivity contribution in [3.63, 3.8) is 0 Å². The monoisotopic (exact) mass is 171 g/mol. The number of nitrogens with zero attached hydrogens (tertiary/aromatic N) is 1. The number of halogens is 1. The average Bonchev–Trinajstić information content (AvgIpc) is 2.03. The van der Waals surface area contributed by atoms with Crippen molar-refractivity contribution < 1.29 is 0 Å². The van der Waals surface area contributed by atoms with Gasteiger partial charge in [0.05, 0.1) is 11.7 Å². The number of pyridine rings is 1. The first kappa shape index (κ1) is 8.46. The molecule has 1 unspecified atom stereocenters. The lowest BCUT2D eigenvalue weighted by atomic mass is 10.2. The molecule has 60 valence electrons. The molecule has 0 aromatic carbocycles. The van der Waals surface area contributed by atoms with Crippen LogP contribution in [0, 0.1) is 0 Å². The quantitative estimate of drug-likeness (QED) is 0.644. The normalized spacial score (nSPS) is 13.0. The number of aromatic nitrogens is 1. The van der Waals surface area contributed by atoms with E-state index in [4.69, 9.17) is 23.1 Å². The van der Waals surface area contributed by atoms with E-state index in [2.05, 4.69) is 4.98 Å². The van der Waals surface area contributed by atoms with E-state index in [-0.39, 0.29) is 6.04 Å². The minimum Gasteiger partial charge on any atom is -0.329 e. The molecule has 0 saturated heterocycles. The van der Waals surface area contributed by atoms with Gasteiger partial charge in [0.15, 0.2) is 0 Å². The molecule has 0 bridgehead atoms. The average molecular weight is 172 g/mol. The zero-order valence-corrected chi connectivity index (χ0v) is 6.75. The van der Waals surface area contributed by atoms with Gasteiger partial charge in [-0.2, -0.15) is 0 Å². The van der Waals surface area contributed by atoms with Crippen molar-refractivity contribution in [1.29, 1.82) is 0 Å². The predicted octanol–water partition coefficient (Wildman–Crippen LogP) is 0.693. The molecule has 0 fully saturated rings. The Morgan fingerprint density at radius 1 is 1.55 bits per heavy atom. The summed E-state index contributed by atoms with van der Waals surface area (Å²) in [5, 5.41) is 0.450. The van der Waals surface area contributed by atoms with E-state index in [1.807, 2.05) is 6.07 Å². The molecule has 1 aromatic rings. The Bertz CT molecular complexity index is 239. The van der Waals surface area contributed by atoms with E-state index in [1.165, 1.54) is 0 Å². The molecule has 0 amide bonds. The van der Waals surface area contributed by atoms with E-state index in [9.17, 15) is 0 Å². The van der Waals surface area contributed by atoms with Gasteiger partial charge in [-0.3, -0.25) is 0 Å². The molecule has 4 N–H and O–H groups in total. The van der Waals surface area contributed by atoms with Gasteiger partial charge in [-0.25, -0.2) is 4.98 Å². The summed E-state index contributed by atoms with van der Waals surface area (Å²) >= 11 is 5.64. The smallest absolute Gasteiger partial charge is 0.129 e. The molecule has 1 atom stereocenters. The molecule has 1 rings (SSSR count). The van der Waals surface area contributed by atoms with Gasteiger partial charge in [0.1, 0.15) is 5.15 Å². The fourth-order valence-electron chi connectivity index (χ4n) is 0.751. The van der Waals surface area contributed by atoms with Gasteiger partial charge in [-0.15, -0.1) is 0 Å². The van der Waals surface area contributed by atoms with Crippen molar-refractivity contribution >= 4 is 11.6 Å². The summed E-state index contributed by atoms with van der Waals surface area (Å²) in [6.07, 6.45) is 0. The van der Waals surface area contributed by atoms with Crippen LogP contribution >= 0.6 is 11.6 Å². The second kappa shape index (κ2) is 3.67. The summed E-state index contributed by atoms with van der Waals surface area (Å²) in [6, 6.07) is 5.10. The summed E-state index contributed by atoms with van der Waals surface area (Å²) in [5.41, 5.74) is 11.7. The molecule has 0 aliphatic carbocycles. The van der Waals surface area contributed by atoms with Gasteiger partial charge in [-0.1, -0.05) is 17.7 Å². The van der Waals surface area contributed by atoms with Gasteiger partial charge in [0.2, 0.25) is 0 Å². The molecule has 0 aliphatic heterocycles. The Balaban J connectivity index is 2.86. The lowest BCUT2D eigenvalue weighted by Gasteiger charge is -2.06. The van der Waals surface area contributed by atoms with E-state index < -0.39 is 0 Å². The highest BCUT2D eigenvalue weighted by Gasteiger charge is 2.03. The van der Waals surface area contributed by atoms with E-state index in [0.717, 1.165) is 5.69 Å². The van der Waals surface area contributed by atoms with Gasteiger partial charge >= 0.3 is 0 Å². The Morgan fingerprint density at radius 3 is 2.82 bits per heavy atom. The summed E-state index contributed by atoms with van der Waals surface area (Å²) < 4.78 is 0. The molecule has 0 radical (unpaired) electrons. The fraction of sp³-hybridized carbons (Fsp3) is 0.286. The first-order chi connectivity index (χ1) is 5.24. The number of nitrogens with two attached hydrogens (primary N) is 2. The van der Waals surface area contributed by atoms with Crippen LogP contribution < -0.4 is 11.5 Å². The van der Waals surface area contributed by atoms with Crippen LogP contribution in [0.25, 0.3) is 0 Å². The van der Waals surface area contributed by atoms with Gasteiger partial charge in [-0.05, 0) is 12.1 Å². The molecular weight excluding hydrogens is 162 g/mol. The topological polar surface area (TPSA) is 64.9 Å². The van der Waals surface area contributed by atoms with Crippen molar-refractivity contribution in [3.8, 4) is 0 Å². The lowest BCUT2D eigenvalue weighted by Crippen LogP contribution is -2.21. The summed E-state index contributed by atoms with van der Waals surface area (Å²) in [6.45, 7) is 0.382. The maximum absolute atomic E-state index is 5.64. The van der Waals surface area contributed by atoms with Crippen molar-refractivity contribution in [2.75, 3.05) is 6.54 Å². The highest BCUT2D eigenvalue weighted by molar-refractivity contribution is 6.29. The third-order valence-electron chi connectivity index (χ3n) is 1.37. The lowest BCUT2D eigenvalue weighted by molar-refractivity contribution is 0.711. The molecule has 11 heavy (non-hydrogen) atoms. The van der Waals surface area contributed by atoms with Crippen molar-refractivity contribution in [2.45, 2.75) is 6.04 Å². The van der Waals surface area contributed by atoms with Crippen molar-refractivity contribution in [2.24, 2.45) is 11.5 Å². The van der Waals surface area contributed by atoms with Crippen LogP contribution in [-0.2, 0) is 0 Å². The van der Waals surface area contributed by atoms with Crippen molar-refractivity contribution in [1.82, 2.24) is 4.98 Å². The zero-order valence-electron chi connectivity index (χ0n) is 6.00. The molecular formula is C7H10ClN3. The third-order valence-corrected chi connectivity index (χ3v) is 1.58. The SMILES string of the molecule is NCC(N)c1cccc(Cl)n1. The Hall–Kier alpha value is -0.640. The molecule has 1 heterocycles. The predicted molar refractivity (Wildman–Crippen MR) is 45.2 cm³/mol. The van der Waals surface area contributed by atoms with Crippen LogP contribution in [0.5, 0.6) is 0 Å². The molecule has 0 aliphatic rings. The van der Waals surface area contributed by atoms with Crippen LogP contribution in [-0.4, -0.2) is 11.5 Å². The second-order valence-electron chi connectivity index (χ2n) is 2.23. The number of rotatable bonds is 2. The molecule has 0 spiro atoms. The van der Waals surface area contributed by atoms with E-state index in [0.29, 0.717) is 11.7 Å². The molecule has 3 nitrogen and oxygen atoms in total. The second-order valence-corrected chi connectivity index (χ2v) is 2.61. The number of hydrogen-bond acceptors (Lipinski definition) is 3. The fourth-order valence-corrected chi connectivity index (χ4v) is 0.922. The molecule has 0 saturated carbocycles. The summed E-state index contributed by atoms with van der Waals surface area (Å²) in [4.78, 5) is 4.00. The largest absolute Gasteiger partial charge is 0.329 e. The van der Waals surface area contributed by atoms with Crippen LogP contribution in [0.2, 0.25) is 5.15 Å². The zero-order chi connectivity index (χ0) is 8.27. The minimum absolute atomic E-state index is 0.214. The van der Waals surface area contributed by atoms with Gasteiger partial charge in [0.25, 0.3) is 0 Å². The van der Waals surface area contributed by atoms with Gasteiger partial charge < -0.3 is 11.5 Å². The Labute approximate surface area is 70.4 Å². The summed E-state index contributed by atoms with van der Waals surface area (Å²) in [5.74, 6) is 0. The highest BCUT2D eigenvalue weighted by atomic mass is 35.5. The van der Waals surface area contributed by atoms with E-state index in [1.54, 1.807) is 12.1 Å². The maximum atomic E-state index is 5.64. The Morgan fingerprint density at radius 2 is 2.27 bits per heavy atom.